The first kappa shape index (κ1) is 16.8. The van der Waals surface area contributed by atoms with Crippen molar-refractivity contribution in [3.8, 4) is 0 Å². The summed E-state index contributed by atoms with van der Waals surface area (Å²) >= 11 is 1.60. The third-order valence-corrected chi connectivity index (χ3v) is 5.97. The third-order valence-electron chi connectivity index (χ3n) is 4.87. The molecule has 1 amide bonds. The number of carbonyl (C=O) groups is 2. The van der Waals surface area contributed by atoms with Crippen LogP contribution >= 0.6 is 11.8 Å². The molecule has 28 heavy (non-hydrogen) atoms. The van der Waals surface area contributed by atoms with E-state index in [-0.39, 0.29) is 0 Å². The van der Waals surface area contributed by atoms with Crippen molar-refractivity contribution in [1.82, 2.24) is 5.01 Å². The molecule has 0 saturated heterocycles. The Morgan fingerprint density at radius 2 is 1.32 bits per heavy atom. The third kappa shape index (κ3) is 2.55. The zero-order chi connectivity index (χ0) is 19.1. The number of carbonyl (C=O) groups excluding carboxylic acids is 2. The lowest BCUT2D eigenvalue weighted by molar-refractivity contribution is -0.139. The van der Waals surface area contributed by atoms with Gasteiger partial charge >= 0.3 is 5.91 Å². The first-order chi connectivity index (χ1) is 13.8. The van der Waals surface area contributed by atoms with E-state index in [2.05, 4.69) is 0 Å². The van der Waals surface area contributed by atoms with Crippen molar-refractivity contribution in [3.63, 3.8) is 0 Å². The topological polar surface area (TPSA) is 40.6 Å². The summed E-state index contributed by atoms with van der Waals surface area (Å²) in [5.41, 5.74) is 3.83. The Morgan fingerprint density at radius 1 is 0.750 bits per heavy atom. The molecule has 2 aliphatic heterocycles. The molecule has 4 nitrogen and oxygen atoms in total. The van der Waals surface area contributed by atoms with E-state index in [9.17, 15) is 9.59 Å². The number of fused-ring (bicyclic) bond motifs is 2. The molecule has 5 rings (SSSR count). The Morgan fingerprint density at radius 3 is 1.96 bits per heavy atom. The van der Waals surface area contributed by atoms with Crippen LogP contribution in [0.1, 0.15) is 5.56 Å². The Labute approximate surface area is 167 Å². The quantitative estimate of drug-likeness (QED) is 0.616. The molecule has 0 aliphatic carbocycles. The number of para-hydroxylation sites is 2. The molecule has 2 heterocycles. The first-order valence-electron chi connectivity index (χ1n) is 9.00. The van der Waals surface area contributed by atoms with Crippen LogP contribution < -0.4 is 5.01 Å². The number of benzene rings is 3. The number of ketones is 1. The van der Waals surface area contributed by atoms with Gasteiger partial charge in [0.2, 0.25) is 0 Å². The highest BCUT2D eigenvalue weighted by molar-refractivity contribution is 7.99. The normalized spacial score (nSPS) is 15.5. The van der Waals surface area contributed by atoms with Crippen LogP contribution in [0.15, 0.2) is 95.4 Å². The lowest BCUT2D eigenvalue weighted by atomic mass is 10.1. The number of hydrogen-bond donors (Lipinski definition) is 0. The van der Waals surface area contributed by atoms with Crippen LogP contribution in [0, 0.1) is 0 Å². The summed E-state index contributed by atoms with van der Waals surface area (Å²) in [6.45, 7) is 0. The molecule has 136 valence electrons. The number of hydrazine groups is 1. The second-order valence-corrected chi connectivity index (χ2v) is 7.56. The molecule has 0 radical (unpaired) electrons. The minimum absolute atomic E-state index is 0.422. The van der Waals surface area contributed by atoms with E-state index in [4.69, 9.17) is 0 Å². The number of amides is 1. The van der Waals surface area contributed by atoms with Gasteiger partial charge in [0.15, 0.2) is 0 Å². The minimum Gasteiger partial charge on any atom is -0.283 e. The van der Waals surface area contributed by atoms with Gasteiger partial charge < -0.3 is 0 Å². The Balaban J connectivity index is 1.74. The van der Waals surface area contributed by atoms with Crippen molar-refractivity contribution < 1.29 is 9.59 Å². The molecule has 5 heteroatoms. The molecule has 0 saturated carbocycles. The van der Waals surface area contributed by atoms with Crippen LogP contribution in [0.2, 0.25) is 0 Å². The highest BCUT2D eigenvalue weighted by atomic mass is 32.2. The van der Waals surface area contributed by atoms with Gasteiger partial charge in [-0.1, -0.05) is 54.6 Å². The summed E-state index contributed by atoms with van der Waals surface area (Å²) in [7, 11) is 0. The molecule has 2 aliphatic rings. The molecule has 0 aromatic heterocycles. The average molecular weight is 384 g/mol. The number of nitrogens with zero attached hydrogens (tertiary/aromatic N) is 2. The zero-order valence-corrected chi connectivity index (χ0v) is 15.7. The van der Waals surface area contributed by atoms with Crippen LogP contribution in [0.25, 0.3) is 5.70 Å². The number of Topliss-reactive ketones (excluding diaryl/α,β-unsaturated/α-hetero) is 1. The van der Waals surface area contributed by atoms with E-state index in [1.807, 2.05) is 89.9 Å². The van der Waals surface area contributed by atoms with Crippen molar-refractivity contribution in [3.05, 3.63) is 96.1 Å². The van der Waals surface area contributed by atoms with Crippen molar-refractivity contribution in [1.29, 1.82) is 0 Å². The summed E-state index contributed by atoms with van der Waals surface area (Å²) < 4.78 is 0. The molecule has 0 unspecified atom stereocenters. The average Bonchev–Trinajstić information content (AvgIpc) is 3.01. The predicted octanol–water partition coefficient (Wildman–Crippen LogP) is 4.67. The van der Waals surface area contributed by atoms with E-state index < -0.39 is 11.7 Å². The predicted molar refractivity (Wildman–Crippen MR) is 111 cm³/mol. The lowest BCUT2D eigenvalue weighted by Gasteiger charge is -2.36. The second kappa shape index (κ2) is 6.69. The highest BCUT2D eigenvalue weighted by Crippen LogP contribution is 2.45. The van der Waals surface area contributed by atoms with Crippen LogP contribution in [0.5, 0.6) is 0 Å². The maximum atomic E-state index is 13.2. The molecular formula is C23H16N2O2S. The molecule has 3 aromatic rings. The molecule has 0 N–H and O–H groups in total. The van der Waals surface area contributed by atoms with Gasteiger partial charge in [0.25, 0.3) is 5.78 Å². The van der Waals surface area contributed by atoms with Crippen molar-refractivity contribution >= 4 is 40.5 Å². The fraction of sp³-hybridized carbons (Fsp3) is 0.0435. The monoisotopic (exact) mass is 384 g/mol. The van der Waals surface area contributed by atoms with Gasteiger partial charge in [-0.15, -0.1) is 11.8 Å². The van der Waals surface area contributed by atoms with Crippen LogP contribution in [0.4, 0.5) is 11.4 Å². The molecule has 0 fully saturated rings. The van der Waals surface area contributed by atoms with E-state index in [0.717, 1.165) is 21.8 Å². The van der Waals surface area contributed by atoms with E-state index >= 15 is 0 Å². The Kier molecular flexibility index (Phi) is 4.02. The van der Waals surface area contributed by atoms with Gasteiger partial charge in [-0.25, -0.2) is 10.0 Å². The SMILES string of the molecule is O=C1C(=O)N(N(c2ccccc2)c2ccccc2)C2=C1CSc1ccccc12. The maximum absolute atomic E-state index is 13.2. The molecule has 0 atom stereocenters. The largest absolute Gasteiger partial charge is 0.318 e. The van der Waals surface area contributed by atoms with Gasteiger partial charge in [-0.3, -0.25) is 9.59 Å². The highest BCUT2D eigenvalue weighted by Gasteiger charge is 2.45. The Bertz CT molecular complexity index is 1070. The van der Waals surface area contributed by atoms with Crippen LogP contribution in [-0.2, 0) is 9.59 Å². The van der Waals surface area contributed by atoms with Crippen molar-refractivity contribution in [2.45, 2.75) is 4.90 Å². The number of hydrogen-bond acceptors (Lipinski definition) is 4. The van der Waals surface area contributed by atoms with E-state index in [1.165, 1.54) is 0 Å². The number of anilines is 2. The standard InChI is InChI=1S/C23H16N2O2S/c26-22-19-15-28-20-14-8-7-13-18(20)21(19)25(23(22)27)24(16-9-3-1-4-10-16)17-11-5-2-6-12-17/h1-14H,15H2. The van der Waals surface area contributed by atoms with Gasteiger partial charge in [0.05, 0.1) is 17.1 Å². The number of thioether (sulfide) groups is 1. The molecule has 0 bridgehead atoms. The lowest BCUT2D eigenvalue weighted by Crippen LogP contribution is -2.41. The maximum Gasteiger partial charge on any atom is 0.318 e. The van der Waals surface area contributed by atoms with Crippen molar-refractivity contribution in [2.75, 3.05) is 10.8 Å². The van der Waals surface area contributed by atoms with Gasteiger partial charge in [0.1, 0.15) is 0 Å². The van der Waals surface area contributed by atoms with Crippen molar-refractivity contribution in [2.24, 2.45) is 0 Å². The minimum atomic E-state index is -0.519. The second-order valence-electron chi connectivity index (χ2n) is 6.54. The van der Waals surface area contributed by atoms with Gasteiger partial charge in [0, 0.05) is 21.8 Å². The zero-order valence-electron chi connectivity index (χ0n) is 14.9. The summed E-state index contributed by atoms with van der Waals surface area (Å²) in [6, 6.07) is 27.2. The fourth-order valence-corrected chi connectivity index (χ4v) is 4.68. The summed E-state index contributed by atoms with van der Waals surface area (Å²) in [6.07, 6.45) is 0. The smallest absolute Gasteiger partial charge is 0.283 e. The Hall–Kier alpha value is -3.31. The summed E-state index contributed by atoms with van der Waals surface area (Å²) in [5.74, 6) is -0.436. The fourth-order valence-electron chi connectivity index (χ4n) is 3.62. The van der Waals surface area contributed by atoms with E-state index in [0.29, 0.717) is 17.0 Å². The van der Waals surface area contributed by atoms with Crippen LogP contribution in [-0.4, -0.2) is 22.5 Å². The number of rotatable bonds is 3. The molecule has 3 aromatic carbocycles. The van der Waals surface area contributed by atoms with Gasteiger partial charge in [-0.2, -0.15) is 0 Å². The summed E-state index contributed by atoms with van der Waals surface area (Å²) in [4.78, 5) is 27.1. The molecule has 0 spiro atoms. The summed E-state index contributed by atoms with van der Waals surface area (Å²) in [5, 5.41) is 3.37. The first-order valence-corrected chi connectivity index (χ1v) is 9.98. The van der Waals surface area contributed by atoms with E-state index in [1.54, 1.807) is 16.8 Å². The van der Waals surface area contributed by atoms with Gasteiger partial charge in [-0.05, 0) is 30.3 Å². The van der Waals surface area contributed by atoms with Crippen LogP contribution in [0.3, 0.4) is 0 Å². The molecular weight excluding hydrogens is 368 g/mol.